The fourth-order valence-corrected chi connectivity index (χ4v) is 36.3. The van der Waals surface area contributed by atoms with Crippen LogP contribution in [-0.2, 0) is 55.8 Å². The quantitative estimate of drug-likeness (QED) is 0.00398. The molecule has 6 aromatic rings. The number of amides is 3. The number of ketones is 1. The van der Waals surface area contributed by atoms with E-state index in [4.69, 9.17) is 48.8 Å². The number of halogens is 3. The average molecular weight is 1860 g/mol. The summed E-state index contributed by atoms with van der Waals surface area (Å²) in [6.07, 6.45) is 3.97. The molecule has 0 N–H and O–H groups in total. The lowest BCUT2D eigenvalue weighted by Gasteiger charge is -2.49. The highest BCUT2D eigenvalue weighted by atomic mass is 32.2. The van der Waals surface area contributed by atoms with Gasteiger partial charge in [0.2, 0.25) is 8.32 Å². The first kappa shape index (κ1) is 106. The smallest absolute Gasteiger partial charge is 0.438 e. The molecule has 0 aromatic heterocycles. The zero-order valence-corrected chi connectivity index (χ0v) is 83.1. The van der Waals surface area contributed by atoms with E-state index in [9.17, 15) is 45.6 Å². The van der Waals surface area contributed by atoms with Gasteiger partial charge in [-0.3, -0.25) is 14.6 Å². The van der Waals surface area contributed by atoms with Crippen molar-refractivity contribution in [2.45, 2.75) is 282 Å². The second kappa shape index (κ2) is 44.6. The third-order valence-electron chi connectivity index (χ3n) is 24.3. The molecule has 0 bridgehead atoms. The van der Waals surface area contributed by atoms with E-state index < -0.39 is 114 Å². The number of carbonyl (C=O) groups is 5. The zero-order chi connectivity index (χ0) is 95.2. The number of nitrogens with zero attached hydrogens (tertiary/aromatic N) is 12. The first-order valence-corrected chi connectivity index (χ1v) is 54.6. The summed E-state index contributed by atoms with van der Waals surface area (Å²) >= 11 is 0. The molecule has 27 nitrogen and oxygen atoms in total. The number of carbonyl (C=O) groups excluding carboxylic acids is 5. The van der Waals surface area contributed by atoms with Crippen LogP contribution in [0.1, 0.15) is 182 Å². The molecule has 128 heavy (non-hydrogen) atoms. The van der Waals surface area contributed by atoms with Crippen molar-refractivity contribution in [3.8, 4) is 0 Å². The van der Waals surface area contributed by atoms with Gasteiger partial charge in [-0.2, -0.15) is 21.6 Å². The number of hydrogen-bond donors (Lipinski definition) is 0. The Kier molecular flexibility index (Phi) is 36.9. The van der Waals surface area contributed by atoms with Crippen LogP contribution < -0.4 is 31.1 Å². The van der Waals surface area contributed by atoms with E-state index in [0.717, 1.165) is 27.0 Å². The van der Waals surface area contributed by atoms with Crippen LogP contribution >= 0.6 is 0 Å². The molecular weight excluding hydrogens is 1730 g/mol. The average Bonchev–Trinajstić information content (AvgIpc) is 1.52. The van der Waals surface area contributed by atoms with Crippen molar-refractivity contribution in [1.29, 1.82) is 0 Å². The number of epoxide rings is 1. The van der Waals surface area contributed by atoms with Crippen LogP contribution in [0.3, 0.4) is 0 Å². The highest BCUT2D eigenvalue weighted by molar-refractivity contribution is 7.88. The maximum atomic E-state index is 13.4. The Bertz CT molecular complexity index is 4770. The molecule has 4 saturated heterocycles. The SMILES string of the molecule is CC[C@@H](O[Si](c1ccccc1)(c1ccccc1)C(C)(C)C)[C@@]1(C)OC(=O)N(CCCCN=[N+]=[N-])[C@@H]1C(C)=O.CC[C@@H](O[Si](c1ccccc1)(c1ccccc1)C(C)(C)C)[C@@]1(C)OC(=O)N(CCCCN=[N+]=[N-])[C@@H]1[C@@H](C)C=O.CC[C@@H](O[Si](c1ccccc1)(c1ccccc1)C(C)(C)C)[C@@]1(C)OC(=O)N(CCCCN=[N+]=[N-])[C@@H]1[C@]1(C)CO1.C[Si](C)(C)OS(=O)(=O)C(F)(F)F. The van der Waals surface area contributed by atoms with Gasteiger partial charge in [0.15, 0.2) is 22.6 Å². The number of aldehydes is 1. The summed E-state index contributed by atoms with van der Waals surface area (Å²) in [5.41, 5.74) is 16.7. The van der Waals surface area contributed by atoms with Crippen LogP contribution in [-0.4, -0.2) is 197 Å². The Labute approximate surface area is 758 Å². The summed E-state index contributed by atoms with van der Waals surface area (Å²) < 4.78 is 107. The molecule has 0 unspecified atom stereocenters. The van der Waals surface area contributed by atoms with Crippen molar-refractivity contribution >= 4 is 105 Å². The largest absolute Gasteiger partial charge is 0.522 e. The standard InChI is InChI=1S/2C30H42N4O4Si.C29H40N4O4Si.C4H9F3O3SSi/c1-7-25(30(6)26(29(5)22-36-29)34(27(35)37-30)21-15-14-20-32-33-31)38-39(28(2,3)4,23-16-10-8-11-17-23)24-18-12-9-13-19-24;1-7-26(30(6)27(23(2)22-35)34(28(36)37-30)21-15-14-20-32-33-31)38-39(29(3,4)5,24-16-10-8-11-17-24)25-18-12-9-13-19-25;1-7-25(29(6)26(22(2)34)33(27(35)36-29)21-15-14-20-31-32-30)37-38(28(3,4)5,23-16-10-8-11-17-23)24-18-12-9-13-19-24;1-12(2,3)10-11(8,9)4(5,6)7/h8-13,16-19,25-26H,7,14-15,20-22H2,1-6H3;8-13,16-19,22-23,26-27H,7,14-15,20-21H2,1-6H3;8-13,16-19,25-26H,7,14-15,20-21H2,1-6H3;1-3H3/t25-,26-,29+,30-;23-,26+,27+,30+;25-,26-,29-;/m101./s1. The first-order chi connectivity index (χ1) is 60.1. The summed E-state index contributed by atoms with van der Waals surface area (Å²) in [4.78, 5) is 78.6. The van der Waals surface area contributed by atoms with Crippen molar-refractivity contribution in [1.82, 2.24) is 14.7 Å². The minimum Gasteiger partial charge on any atom is -0.438 e. The number of azide groups is 3. The van der Waals surface area contributed by atoms with Crippen LogP contribution in [0.2, 0.25) is 34.8 Å². The first-order valence-electron chi connectivity index (χ1n) is 44.1. The van der Waals surface area contributed by atoms with E-state index in [1.54, 1.807) is 4.90 Å². The molecule has 0 aliphatic carbocycles. The van der Waals surface area contributed by atoms with E-state index in [0.29, 0.717) is 104 Å². The van der Waals surface area contributed by atoms with Crippen molar-refractivity contribution in [2.24, 2.45) is 21.3 Å². The van der Waals surface area contributed by atoms with Crippen LogP contribution in [0.4, 0.5) is 27.6 Å². The Morgan fingerprint density at radius 2 is 0.766 bits per heavy atom. The number of ether oxygens (including phenoxy) is 4. The van der Waals surface area contributed by atoms with Gasteiger partial charge in [0.05, 0.1) is 31.0 Å². The molecule has 3 amide bonds. The van der Waals surface area contributed by atoms with Crippen LogP contribution in [0.5, 0.6) is 0 Å². The molecule has 698 valence electrons. The number of alkyl halides is 3. The van der Waals surface area contributed by atoms with Gasteiger partial charge in [0, 0.05) is 59.9 Å². The number of hydrogen-bond acceptors (Lipinski definition) is 18. The van der Waals surface area contributed by atoms with Gasteiger partial charge in [-0.05, 0) is 175 Å². The zero-order valence-electron chi connectivity index (χ0n) is 78.3. The molecule has 4 heterocycles. The highest BCUT2D eigenvalue weighted by Gasteiger charge is 2.69. The molecule has 4 aliphatic heterocycles. The van der Waals surface area contributed by atoms with Crippen LogP contribution in [0.15, 0.2) is 197 Å². The van der Waals surface area contributed by atoms with E-state index in [1.165, 1.54) is 41.8 Å². The summed E-state index contributed by atoms with van der Waals surface area (Å²) in [6, 6.07) is 60.9. The monoisotopic (exact) mass is 1860 g/mol. The van der Waals surface area contributed by atoms with Crippen molar-refractivity contribution in [3.05, 3.63) is 213 Å². The molecular formula is C93H133F3N12O15SSi4. The third kappa shape index (κ3) is 24.1. The number of unbranched alkanes of at least 4 members (excludes halogenated alkanes) is 3. The number of benzene rings is 6. The molecule has 6 aromatic carbocycles. The van der Waals surface area contributed by atoms with Gasteiger partial charge in [-0.1, -0.05) is 287 Å². The molecule has 35 heteroatoms. The van der Waals surface area contributed by atoms with Gasteiger partial charge >= 0.3 is 33.9 Å². The number of cyclic esters (lactones) is 3. The summed E-state index contributed by atoms with van der Waals surface area (Å²) in [5.74, 6) is -0.603. The minimum absolute atomic E-state index is 0.141. The molecule has 4 fully saturated rings. The minimum atomic E-state index is -5.39. The Balaban J connectivity index is 0.000000247. The second-order valence-corrected chi connectivity index (χ2v) is 56.8. The normalized spacial score (nSPS) is 21.7. The van der Waals surface area contributed by atoms with Crippen LogP contribution in [0, 0.1) is 5.92 Å². The molecule has 0 radical (unpaired) electrons. The second-order valence-electron chi connectivity index (χ2n) is 37.8. The van der Waals surface area contributed by atoms with Gasteiger partial charge in [0.1, 0.15) is 24.0 Å². The fraction of sp³-hybridized carbons (Fsp3) is 0.559. The topological polar surface area (TPSA) is 353 Å². The molecule has 0 spiro atoms. The van der Waals surface area contributed by atoms with Gasteiger partial charge in [0.25, 0.3) is 25.0 Å². The van der Waals surface area contributed by atoms with Gasteiger partial charge in [-0.15, -0.1) is 0 Å². The highest BCUT2D eigenvalue weighted by Crippen LogP contribution is 2.51. The summed E-state index contributed by atoms with van der Waals surface area (Å²) in [6.45, 7) is 44.4. The predicted molar refractivity (Wildman–Crippen MR) is 504 cm³/mol. The molecule has 10 rings (SSSR count). The fourth-order valence-electron chi connectivity index (χ4n) is 18.7. The van der Waals surface area contributed by atoms with Crippen molar-refractivity contribution < 1.29 is 81.7 Å². The number of Topliss-reactive ketones (excluding diaryl/α,β-unsaturated/α-hetero) is 1. The van der Waals surface area contributed by atoms with Crippen LogP contribution in [0.25, 0.3) is 31.3 Å². The molecule has 0 saturated carbocycles. The molecule has 11 atom stereocenters. The van der Waals surface area contributed by atoms with E-state index in [-0.39, 0.29) is 39.1 Å². The molecule has 4 aliphatic rings. The maximum Gasteiger partial charge on any atom is 0.522 e. The third-order valence-corrected chi connectivity index (χ3v) is 42.9. The Morgan fingerprint density at radius 3 is 1.03 bits per heavy atom. The van der Waals surface area contributed by atoms with Crippen molar-refractivity contribution in [2.75, 3.05) is 45.9 Å². The maximum absolute atomic E-state index is 13.4. The number of rotatable bonds is 39. The Morgan fingerprint density at radius 1 is 0.492 bits per heavy atom. The lowest BCUT2D eigenvalue weighted by molar-refractivity contribution is -0.128. The van der Waals surface area contributed by atoms with Gasteiger partial charge in [-0.25, -0.2) is 14.4 Å². The van der Waals surface area contributed by atoms with Gasteiger partial charge < -0.3 is 45.8 Å². The summed E-state index contributed by atoms with van der Waals surface area (Å²) in [5, 5.41) is 17.0. The lowest BCUT2D eigenvalue weighted by Crippen LogP contribution is -2.70. The predicted octanol–water partition coefficient (Wildman–Crippen LogP) is 18.9. The Hall–Kier alpha value is -9.19. The van der Waals surface area contributed by atoms with E-state index >= 15 is 0 Å². The summed E-state index contributed by atoms with van der Waals surface area (Å²) in [7, 11) is -16.9. The lowest BCUT2D eigenvalue weighted by atomic mass is 9.81. The van der Waals surface area contributed by atoms with E-state index in [1.807, 2.05) is 131 Å². The van der Waals surface area contributed by atoms with Crippen molar-refractivity contribution in [3.63, 3.8) is 0 Å². The van der Waals surface area contributed by atoms with E-state index in [2.05, 4.69) is 207 Å².